The highest BCUT2D eigenvalue weighted by atomic mass is 16.6. The van der Waals surface area contributed by atoms with Crippen molar-refractivity contribution in [2.45, 2.75) is 34.1 Å². The second-order valence-electron chi connectivity index (χ2n) is 2.24. The molecule has 0 aliphatic carbocycles. The van der Waals surface area contributed by atoms with Gasteiger partial charge >= 0.3 is 17.9 Å². The number of esters is 3. The molecule has 0 bridgehead atoms. The van der Waals surface area contributed by atoms with Crippen molar-refractivity contribution in [1.82, 2.24) is 0 Å². The molecule has 0 atom stereocenters. The molecule has 0 aromatic rings. The van der Waals surface area contributed by atoms with Gasteiger partial charge in [0.1, 0.15) is 0 Å². The van der Waals surface area contributed by atoms with Crippen LogP contribution in [0.1, 0.15) is 34.1 Å². The van der Waals surface area contributed by atoms with Gasteiger partial charge in [0.25, 0.3) is 0 Å². The zero-order valence-corrected chi connectivity index (χ0v) is 8.96. The van der Waals surface area contributed by atoms with Crippen molar-refractivity contribution >= 4 is 17.9 Å². The van der Waals surface area contributed by atoms with Gasteiger partial charge in [-0.3, -0.25) is 14.4 Å². The average Bonchev–Trinajstić information content (AvgIpc) is 2.03. The molecule has 0 radical (unpaired) electrons. The van der Waals surface area contributed by atoms with Crippen molar-refractivity contribution < 1.29 is 23.9 Å². The number of hydrogen-bond donors (Lipinski definition) is 0. The number of rotatable bonds is 2. The highest BCUT2D eigenvalue weighted by Gasteiger charge is 1.93. The fourth-order valence-electron chi connectivity index (χ4n) is 0.465. The monoisotopic (exact) mass is 204 g/mol. The van der Waals surface area contributed by atoms with E-state index in [1.807, 2.05) is 0 Å². The van der Waals surface area contributed by atoms with Gasteiger partial charge in [0.05, 0.1) is 6.61 Å². The second kappa shape index (κ2) is 9.70. The Morgan fingerprint density at radius 1 is 1.00 bits per heavy atom. The first-order chi connectivity index (χ1) is 6.43. The summed E-state index contributed by atoms with van der Waals surface area (Å²) in [5.41, 5.74) is 0. The molecule has 0 aromatic heterocycles. The van der Waals surface area contributed by atoms with E-state index in [4.69, 9.17) is 0 Å². The van der Waals surface area contributed by atoms with E-state index in [0.717, 1.165) is 0 Å². The molecule has 5 heteroatoms. The molecule has 0 saturated heterocycles. The fourth-order valence-corrected chi connectivity index (χ4v) is 0.465. The van der Waals surface area contributed by atoms with Crippen LogP contribution in [0.5, 0.6) is 0 Å². The molecule has 0 aromatic carbocycles. The van der Waals surface area contributed by atoms with Crippen molar-refractivity contribution in [2.75, 3.05) is 6.61 Å². The minimum absolute atomic E-state index is 0.123. The van der Waals surface area contributed by atoms with Crippen LogP contribution in [0.15, 0.2) is 0 Å². The summed E-state index contributed by atoms with van der Waals surface area (Å²) in [5.74, 6) is -1.25. The molecule has 0 N–H and O–H groups in total. The van der Waals surface area contributed by atoms with Crippen LogP contribution in [-0.4, -0.2) is 24.5 Å². The first-order valence-corrected chi connectivity index (χ1v) is 4.28. The highest BCUT2D eigenvalue weighted by molar-refractivity contribution is 5.82. The number of carbonyl (C=O) groups excluding carboxylic acids is 3. The lowest BCUT2D eigenvalue weighted by molar-refractivity contribution is -0.156. The maximum Gasteiger partial charge on any atom is 0.310 e. The van der Waals surface area contributed by atoms with Crippen LogP contribution in [0.3, 0.4) is 0 Å². The van der Waals surface area contributed by atoms with E-state index in [0.29, 0.717) is 13.0 Å². The smallest absolute Gasteiger partial charge is 0.310 e. The van der Waals surface area contributed by atoms with E-state index in [9.17, 15) is 14.4 Å². The molecule has 0 unspecified atom stereocenters. The Bertz CT molecular complexity index is 185. The topological polar surface area (TPSA) is 69.7 Å². The van der Waals surface area contributed by atoms with Crippen LogP contribution >= 0.6 is 0 Å². The van der Waals surface area contributed by atoms with Gasteiger partial charge in [0, 0.05) is 20.3 Å². The van der Waals surface area contributed by atoms with Crippen LogP contribution < -0.4 is 0 Å². The Morgan fingerprint density at radius 3 is 1.50 bits per heavy atom. The Morgan fingerprint density at radius 2 is 1.43 bits per heavy atom. The predicted octanol–water partition coefficient (Wildman–Crippen LogP) is 1.06. The maximum atomic E-state index is 10.2. The number of hydrogen-bond acceptors (Lipinski definition) is 5. The molecule has 0 fully saturated rings. The van der Waals surface area contributed by atoms with Crippen LogP contribution in [-0.2, 0) is 23.9 Å². The van der Waals surface area contributed by atoms with Crippen LogP contribution in [0.2, 0.25) is 0 Å². The normalized spacial score (nSPS) is 8.00. The summed E-state index contributed by atoms with van der Waals surface area (Å²) >= 11 is 0. The third kappa shape index (κ3) is 16.9. The molecule has 5 nitrogen and oxygen atoms in total. The van der Waals surface area contributed by atoms with Crippen molar-refractivity contribution in [3.05, 3.63) is 0 Å². The van der Waals surface area contributed by atoms with Crippen LogP contribution in [0.4, 0.5) is 0 Å². The largest absolute Gasteiger partial charge is 0.466 e. The van der Waals surface area contributed by atoms with Gasteiger partial charge in [-0.25, -0.2) is 0 Å². The minimum atomic E-state index is -0.562. The molecule has 0 saturated carbocycles. The van der Waals surface area contributed by atoms with Gasteiger partial charge in [-0.05, 0) is 6.92 Å². The van der Waals surface area contributed by atoms with Crippen molar-refractivity contribution in [2.24, 2.45) is 0 Å². The first kappa shape index (κ1) is 15.1. The van der Waals surface area contributed by atoms with Crippen LogP contribution in [0.25, 0.3) is 0 Å². The van der Waals surface area contributed by atoms with Gasteiger partial charge in [-0.15, -0.1) is 0 Å². The lowest BCUT2D eigenvalue weighted by Gasteiger charge is -1.93. The van der Waals surface area contributed by atoms with E-state index >= 15 is 0 Å². The zero-order chi connectivity index (χ0) is 11.6. The first-order valence-electron chi connectivity index (χ1n) is 4.28. The molecule has 0 rings (SSSR count). The molecule has 0 amide bonds. The summed E-state index contributed by atoms with van der Waals surface area (Å²) in [4.78, 5) is 29.8. The van der Waals surface area contributed by atoms with E-state index in [1.54, 1.807) is 13.8 Å². The lowest BCUT2D eigenvalue weighted by Crippen LogP contribution is -2.03. The van der Waals surface area contributed by atoms with E-state index < -0.39 is 11.9 Å². The summed E-state index contributed by atoms with van der Waals surface area (Å²) in [5, 5.41) is 0. The van der Waals surface area contributed by atoms with Gasteiger partial charge in [0.2, 0.25) is 0 Å². The third-order valence-corrected chi connectivity index (χ3v) is 0.881. The Kier molecular flexibility index (Phi) is 10.5. The second-order valence-corrected chi connectivity index (χ2v) is 2.24. The summed E-state index contributed by atoms with van der Waals surface area (Å²) < 4.78 is 8.52. The Hall–Kier alpha value is -1.39. The van der Waals surface area contributed by atoms with Crippen molar-refractivity contribution in [1.29, 1.82) is 0 Å². The molecule has 0 spiro atoms. The van der Waals surface area contributed by atoms with Crippen molar-refractivity contribution in [3.63, 3.8) is 0 Å². The Labute approximate surface area is 83.4 Å². The molecular formula is C9H16O5. The Balaban J connectivity index is 0. The predicted molar refractivity (Wildman–Crippen MR) is 49.4 cm³/mol. The number of ether oxygens (including phenoxy) is 2. The van der Waals surface area contributed by atoms with Gasteiger partial charge in [-0.1, -0.05) is 6.92 Å². The molecule has 0 aliphatic rings. The third-order valence-electron chi connectivity index (χ3n) is 0.881. The molecule has 0 aliphatic heterocycles. The van der Waals surface area contributed by atoms with Crippen LogP contribution in [0, 0.1) is 0 Å². The lowest BCUT2D eigenvalue weighted by atomic mass is 10.5. The molecule has 14 heavy (non-hydrogen) atoms. The SMILES string of the molecule is CC(=O)OC(C)=O.CCOC(=O)CC. The number of carbonyl (C=O) groups is 3. The molecule has 0 heterocycles. The van der Waals surface area contributed by atoms with Gasteiger partial charge < -0.3 is 9.47 Å². The van der Waals surface area contributed by atoms with Gasteiger partial charge in [-0.2, -0.15) is 0 Å². The summed E-state index contributed by atoms with van der Waals surface area (Å²) in [6, 6.07) is 0. The summed E-state index contributed by atoms with van der Waals surface area (Å²) in [7, 11) is 0. The quantitative estimate of drug-likeness (QED) is 0.496. The maximum absolute atomic E-state index is 10.2. The van der Waals surface area contributed by atoms with Crippen molar-refractivity contribution in [3.8, 4) is 0 Å². The van der Waals surface area contributed by atoms with E-state index in [1.165, 1.54) is 13.8 Å². The fraction of sp³-hybridized carbons (Fsp3) is 0.667. The van der Waals surface area contributed by atoms with Gasteiger partial charge in [0.15, 0.2) is 0 Å². The summed E-state index contributed by atoms with van der Waals surface area (Å²) in [6.45, 7) is 6.43. The average molecular weight is 204 g/mol. The molecule has 82 valence electrons. The standard InChI is InChI=1S/C5H10O2.C4H6O3/c1-3-5(6)7-4-2;1-3(5)7-4(2)6/h3-4H2,1-2H3;1-2H3. The summed E-state index contributed by atoms with van der Waals surface area (Å²) in [6.07, 6.45) is 0.480. The minimum Gasteiger partial charge on any atom is -0.466 e. The zero-order valence-electron chi connectivity index (χ0n) is 8.96. The van der Waals surface area contributed by atoms with E-state index in [2.05, 4.69) is 9.47 Å². The molecular weight excluding hydrogens is 188 g/mol. The van der Waals surface area contributed by atoms with E-state index in [-0.39, 0.29) is 5.97 Å². The highest BCUT2D eigenvalue weighted by Crippen LogP contribution is 1.80.